The average molecular weight is 243 g/mol. The van der Waals surface area contributed by atoms with Crippen molar-refractivity contribution >= 4 is 23.3 Å². The van der Waals surface area contributed by atoms with Crippen molar-refractivity contribution in [1.29, 1.82) is 0 Å². The number of para-hydroxylation sites is 1. The molecule has 0 aliphatic rings. The normalized spacial score (nSPS) is 12.2. The second-order valence-electron chi connectivity index (χ2n) is 3.49. The standard InChI is InChI=1S/C11H14ClNO3/c1-13(7-8(14)6-12)10-5-3-2-4-9(10)11(15)16/h2-5,8,14H,6-7H2,1H3,(H,15,16)/p-1. The number of nitrogens with zero attached hydrogens (tertiary/aromatic N) is 1. The third-order valence-electron chi connectivity index (χ3n) is 2.20. The molecule has 0 aliphatic heterocycles. The number of carbonyl (C=O) groups is 1. The van der Waals surface area contributed by atoms with Gasteiger partial charge in [0, 0.05) is 24.8 Å². The van der Waals surface area contributed by atoms with Crippen LogP contribution in [0, 0.1) is 0 Å². The van der Waals surface area contributed by atoms with Gasteiger partial charge in [-0.25, -0.2) is 0 Å². The van der Waals surface area contributed by atoms with Crippen LogP contribution in [0.15, 0.2) is 24.3 Å². The van der Waals surface area contributed by atoms with Crippen LogP contribution in [-0.2, 0) is 0 Å². The number of aromatic carboxylic acids is 1. The van der Waals surface area contributed by atoms with Gasteiger partial charge < -0.3 is 19.9 Å². The van der Waals surface area contributed by atoms with Gasteiger partial charge in [-0.3, -0.25) is 0 Å². The third kappa shape index (κ3) is 3.12. The largest absolute Gasteiger partial charge is 0.545 e. The van der Waals surface area contributed by atoms with Crippen molar-refractivity contribution < 1.29 is 15.0 Å². The number of benzene rings is 1. The van der Waals surface area contributed by atoms with E-state index in [0.717, 1.165) is 0 Å². The molecule has 1 rings (SSSR count). The fourth-order valence-electron chi connectivity index (χ4n) is 1.44. The summed E-state index contributed by atoms with van der Waals surface area (Å²) in [5.74, 6) is -1.12. The van der Waals surface area contributed by atoms with E-state index in [4.69, 9.17) is 11.6 Å². The maximum atomic E-state index is 10.9. The molecule has 88 valence electrons. The third-order valence-corrected chi connectivity index (χ3v) is 2.55. The number of anilines is 1. The zero-order valence-corrected chi connectivity index (χ0v) is 9.65. The molecule has 1 aromatic carbocycles. The molecule has 0 aliphatic carbocycles. The predicted octanol–water partition coefficient (Wildman–Crippen LogP) is 0.0860. The van der Waals surface area contributed by atoms with Crippen LogP contribution in [0.4, 0.5) is 5.69 Å². The molecule has 1 unspecified atom stereocenters. The lowest BCUT2D eigenvalue weighted by molar-refractivity contribution is -0.254. The first-order valence-electron chi connectivity index (χ1n) is 4.81. The van der Waals surface area contributed by atoms with Crippen LogP contribution in [-0.4, -0.2) is 36.7 Å². The van der Waals surface area contributed by atoms with Gasteiger partial charge in [0.05, 0.1) is 18.0 Å². The minimum atomic E-state index is -1.23. The maximum absolute atomic E-state index is 10.9. The minimum Gasteiger partial charge on any atom is -0.545 e. The molecule has 0 fully saturated rings. The topological polar surface area (TPSA) is 63.6 Å². The molecule has 0 bridgehead atoms. The van der Waals surface area contributed by atoms with Gasteiger partial charge in [0.2, 0.25) is 0 Å². The molecule has 0 amide bonds. The van der Waals surface area contributed by atoms with E-state index in [2.05, 4.69) is 0 Å². The summed E-state index contributed by atoms with van der Waals surface area (Å²) in [5.41, 5.74) is 0.610. The van der Waals surface area contributed by atoms with Crippen molar-refractivity contribution in [1.82, 2.24) is 0 Å². The Labute approximate surface area is 99.1 Å². The maximum Gasteiger partial charge on any atom is 0.0849 e. The van der Waals surface area contributed by atoms with E-state index in [1.807, 2.05) is 0 Å². The summed E-state index contributed by atoms with van der Waals surface area (Å²) in [6, 6.07) is 6.48. The Morgan fingerprint density at radius 2 is 2.19 bits per heavy atom. The minimum absolute atomic E-state index is 0.103. The summed E-state index contributed by atoms with van der Waals surface area (Å²) in [5, 5.41) is 20.2. The second kappa shape index (κ2) is 5.72. The highest BCUT2D eigenvalue weighted by Gasteiger charge is 2.11. The lowest BCUT2D eigenvalue weighted by Gasteiger charge is -2.24. The van der Waals surface area contributed by atoms with E-state index < -0.39 is 12.1 Å². The molecule has 0 spiro atoms. The highest BCUT2D eigenvalue weighted by atomic mass is 35.5. The Bertz CT molecular complexity index is 370. The van der Waals surface area contributed by atoms with Crippen LogP contribution in [0.2, 0.25) is 0 Å². The first-order valence-corrected chi connectivity index (χ1v) is 5.35. The first-order chi connectivity index (χ1) is 7.56. The summed E-state index contributed by atoms with van der Waals surface area (Å²) in [6.07, 6.45) is -0.693. The molecule has 4 nitrogen and oxygen atoms in total. The number of aliphatic hydroxyl groups excluding tert-OH is 1. The lowest BCUT2D eigenvalue weighted by Crippen LogP contribution is -2.32. The van der Waals surface area contributed by atoms with Crippen molar-refractivity contribution in [2.24, 2.45) is 0 Å². The summed E-state index contributed by atoms with van der Waals surface area (Å²) < 4.78 is 0. The number of carboxylic acids is 1. The van der Waals surface area contributed by atoms with Crippen LogP contribution >= 0.6 is 11.6 Å². The van der Waals surface area contributed by atoms with Crippen molar-refractivity contribution in [2.75, 3.05) is 24.4 Å². The zero-order chi connectivity index (χ0) is 12.1. The van der Waals surface area contributed by atoms with Gasteiger partial charge in [0.15, 0.2) is 0 Å². The van der Waals surface area contributed by atoms with Gasteiger partial charge in [-0.05, 0) is 6.07 Å². The molecule has 0 heterocycles. The van der Waals surface area contributed by atoms with Crippen LogP contribution in [0.5, 0.6) is 0 Å². The van der Waals surface area contributed by atoms with Crippen molar-refractivity contribution in [2.45, 2.75) is 6.10 Å². The number of likely N-dealkylation sites (N-methyl/N-ethyl adjacent to an activating group) is 1. The summed E-state index contributed by atoms with van der Waals surface area (Å²) in [4.78, 5) is 12.5. The summed E-state index contributed by atoms with van der Waals surface area (Å²) in [6.45, 7) is 0.272. The number of hydrogen-bond acceptors (Lipinski definition) is 4. The number of carboxylic acid groups (broad SMARTS) is 1. The molecule has 0 saturated carbocycles. The monoisotopic (exact) mass is 242 g/mol. The van der Waals surface area contributed by atoms with E-state index in [0.29, 0.717) is 5.69 Å². The molecule has 1 atom stereocenters. The van der Waals surface area contributed by atoms with Crippen LogP contribution < -0.4 is 10.0 Å². The van der Waals surface area contributed by atoms with Gasteiger partial charge >= 0.3 is 0 Å². The Balaban J connectivity index is 2.90. The summed E-state index contributed by atoms with van der Waals surface area (Å²) >= 11 is 5.48. The van der Waals surface area contributed by atoms with Gasteiger partial charge in [-0.2, -0.15) is 0 Å². The van der Waals surface area contributed by atoms with Gasteiger partial charge in [-0.1, -0.05) is 18.2 Å². The molecule has 16 heavy (non-hydrogen) atoms. The first kappa shape index (κ1) is 12.8. The summed E-state index contributed by atoms with van der Waals surface area (Å²) in [7, 11) is 1.69. The molecule has 1 aromatic rings. The molecular formula is C11H13ClNO3-. The molecule has 1 N–H and O–H groups in total. The van der Waals surface area contributed by atoms with Gasteiger partial charge in [0.25, 0.3) is 0 Å². The number of carbonyl (C=O) groups excluding carboxylic acids is 1. The highest BCUT2D eigenvalue weighted by Crippen LogP contribution is 2.18. The number of aliphatic hydroxyl groups is 1. The molecule has 5 heteroatoms. The Hall–Kier alpha value is -1.26. The Morgan fingerprint density at radius 3 is 2.75 bits per heavy atom. The molecule has 0 radical (unpaired) electrons. The number of halogens is 1. The SMILES string of the molecule is CN(CC(O)CCl)c1ccccc1C(=O)[O-]. The molecule has 0 saturated heterocycles. The predicted molar refractivity (Wildman–Crippen MR) is 60.8 cm³/mol. The lowest BCUT2D eigenvalue weighted by atomic mass is 10.1. The van der Waals surface area contributed by atoms with Crippen molar-refractivity contribution in [3.8, 4) is 0 Å². The van der Waals surface area contributed by atoms with E-state index in [9.17, 15) is 15.0 Å². The molecule has 0 aromatic heterocycles. The Morgan fingerprint density at radius 1 is 1.56 bits per heavy atom. The van der Waals surface area contributed by atoms with E-state index in [-0.39, 0.29) is 18.0 Å². The Kier molecular flexibility index (Phi) is 4.58. The van der Waals surface area contributed by atoms with E-state index >= 15 is 0 Å². The molecular weight excluding hydrogens is 230 g/mol. The zero-order valence-electron chi connectivity index (χ0n) is 8.89. The average Bonchev–Trinajstić information content (AvgIpc) is 2.28. The fourth-order valence-corrected chi connectivity index (χ4v) is 1.54. The van der Waals surface area contributed by atoms with E-state index in [1.54, 1.807) is 30.1 Å². The van der Waals surface area contributed by atoms with Crippen molar-refractivity contribution in [3.05, 3.63) is 29.8 Å². The number of hydrogen-bond donors (Lipinski definition) is 1. The van der Waals surface area contributed by atoms with Gasteiger partial charge in [-0.15, -0.1) is 11.6 Å². The van der Waals surface area contributed by atoms with Crippen LogP contribution in [0.3, 0.4) is 0 Å². The number of alkyl halides is 1. The highest BCUT2D eigenvalue weighted by molar-refractivity contribution is 6.18. The quantitative estimate of drug-likeness (QED) is 0.744. The van der Waals surface area contributed by atoms with Crippen LogP contribution in [0.1, 0.15) is 10.4 Å². The number of rotatable bonds is 5. The van der Waals surface area contributed by atoms with Crippen molar-refractivity contribution in [3.63, 3.8) is 0 Å². The smallest absolute Gasteiger partial charge is 0.0849 e. The van der Waals surface area contributed by atoms with Crippen LogP contribution in [0.25, 0.3) is 0 Å². The van der Waals surface area contributed by atoms with E-state index in [1.165, 1.54) is 6.07 Å². The second-order valence-corrected chi connectivity index (χ2v) is 3.80. The fraction of sp³-hybridized carbons (Fsp3) is 0.364. The van der Waals surface area contributed by atoms with Gasteiger partial charge in [0.1, 0.15) is 0 Å².